The number of benzene rings is 1. The summed E-state index contributed by atoms with van der Waals surface area (Å²) in [7, 11) is 0. The second kappa shape index (κ2) is 9.53. The third kappa shape index (κ3) is 5.28. The Morgan fingerprint density at radius 2 is 1.73 bits per heavy atom. The molecule has 174 valence electrons. The van der Waals surface area contributed by atoms with Gasteiger partial charge in [0.05, 0.1) is 36.3 Å². The number of ether oxygens (including phenoxy) is 1. The van der Waals surface area contributed by atoms with Crippen LogP contribution in [-0.2, 0) is 22.3 Å². The van der Waals surface area contributed by atoms with Crippen molar-refractivity contribution in [2.45, 2.75) is 19.2 Å². The SMILES string of the molecule is O=C(CCOCc1n[nH]c(=O)c2ccccc12)N1CCN(c2ncc(C(F)(F)F)cn2)CC1. The fourth-order valence-corrected chi connectivity index (χ4v) is 3.55. The third-order valence-corrected chi connectivity index (χ3v) is 5.35. The van der Waals surface area contributed by atoms with Gasteiger partial charge in [-0.3, -0.25) is 9.59 Å². The first-order valence-electron chi connectivity index (χ1n) is 10.3. The van der Waals surface area contributed by atoms with Crippen LogP contribution in [0.25, 0.3) is 10.8 Å². The summed E-state index contributed by atoms with van der Waals surface area (Å²) in [6, 6.07) is 7.08. The van der Waals surface area contributed by atoms with Gasteiger partial charge in [0.2, 0.25) is 11.9 Å². The number of piperazine rings is 1. The van der Waals surface area contributed by atoms with Gasteiger partial charge in [0.25, 0.3) is 5.56 Å². The van der Waals surface area contributed by atoms with Crippen LogP contribution in [0.3, 0.4) is 0 Å². The van der Waals surface area contributed by atoms with Crippen LogP contribution in [0, 0.1) is 0 Å². The molecule has 1 aliphatic rings. The van der Waals surface area contributed by atoms with Crippen molar-refractivity contribution in [3.8, 4) is 0 Å². The quantitative estimate of drug-likeness (QED) is 0.559. The zero-order chi connectivity index (χ0) is 23.4. The number of hydrogen-bond acceptors (Lipinski definition) is 7. The molecule has 9 nitrogen and oxygen atoms in total. The molecular formula is C21H21F3N6O3. The van der Waals surface area contributed by atoms with E-state index in [4.69, 9.17) is 4.74 Å². The molecule has 0 aliphatic carbocycles. The number of fused-ring (bicyclic) bond motifs is 1. The van der Waals surface area contributed by atoms with Gasteiger partial charge in [0.1, 0.15) is 0 Å². The summed E-state index contributed by atoms with van der Waals surface area (Å²) in [5.41, 5.74) is -0.585. The molecule has 12 heteroatoms. The second-order valence-corrected chi connectivity index (χ2v) is 7.48. The highest BCUT2D eigenvalue weighted by molar-refractivity contribution is 5.83. The minimum absolute atomic E-state index is 0.0812. The van der Waals surface area contributed by atoms with E-state index in [0.717, 1.165) is 12.4 Å². The maximum atomic E-state index is 12.6. The summed E-state index contributed by atoms with van der Waals surface area (Å²) in [4.78, 5) is 35.3. The number of hydrogen-bond donors (Lipinski definition) is 1. The molecule has 3 heterocycles. The van der Waals surface area contributed by atoms with E-state index in [1.54, 1.807) is 28.0 Å². The molecule has 1 N–H and O–H groups in total. The number of nitrogens with zero attached hydrogens (tertiary/aromatic N) is 5. The first kappa shape index (κ1) is 22.6. The van der Waals surface area contributed by atoms with Gasteiger partial charge < -0.3 is 14.5 Å². The monoisotopic (exact) mass is 462 g/mol. The summed E-state index contributed by atoms with van der Waals surface area (Å²) in [6.45, 7) is 2.01. The number of aromatic amines is 1. The Bertz CT molecular complexity index is 1170. The molecule has 2 aromatic heterocycles. The number of aromatic nitrogens is 4. The topological polar surface area (TPSA) is 104 Å². The van der Waals surface area contributed by atoms with Crippen LogP contribution in [-0.4, -0.2) is 63.8 Å². The second-order valence-electron chi connectivity index (χ2n) is 7.48. The van der Waals surface area contributed by atoms with Crippen molar-refractivity contribution >= 4 is 22.6 Å². The lowest BCUT2D eigenvalue weighted by atomic mass is 10.1. The Kier molecular flexibility index (Phi) is 6.54. The first-order valence-corrected chi connectivity index (χ1v) is 10.3. The van der Waals surface area contributed by atoms with Gasteiger partial charge in [0.15, 0.2) is 0 Å². The molecule has 4 rings (SSSR count). The molecule has 0 saturated carbocycles. The number of nitrogens with one attached hydrogen (secondary N) is 1. The van der Waals surface area contributed by atoms with Gasteiger partial charge in [-0.2, -0.15) is 18.3 Å². The fourth-order valence-electron chi connectivity index (χ4n) is 3.55. The van der Waals surface area contributed by atoms with Crippen molar-refractivity contribution in [2.24, 2.45) is 0 Å². The van der Waals surface area contributed by atoms with E-state index in [2.05, 4.69) is 20.2 Å². The number of carbonyl (C=O) groups excluding carboxylic acids is 1. The summed E-state index contributed by atoms with van der Waals surface area (Å²) >= 11 is 0. The molecule has 33 heavy (non-hydrogen) atoms. The van der Waals surface area contributed by atoms with Crippen molar-refractivity contribution < 1.29 is 22.7 Å². The number of carbonyl (C=O) groups is 1. The highest BCUT2D eigenvalue weighted by Crippen LogP contribution is 2.28. The van der Waals surface area contributed by atoms with Crippen LogP contribution in [0.4, 0.5) is 19.1 Å². The molecule has 3 aromatic rings. The van der Waals surface area contributed by atoms with Crippen molar-refractivity contribution in [1.29, 1.82) is 0 Å². The van der Waals surface area contributed by atoms with Gasteiger partial charge >= 0.3 is 6.18 Å². The maximum Gasteiger partial charge on any atom is 0.419 e. The summed E-state index contributed by atoms with van der Waals surface area (Å²) in [6.07, 6.45) is -2.78. The number of anilines is 1. The van der Waals surface area contributed by atoms with Crippen LogP contribution in [0.1, 0.15) is 17.7 Å². The molecule has 0 atom stereocenters. The van der Waals surface area contributed by atoms with Gasteiger partial charge in [-0.25, -0.2) is 15.1 Å². The van der Waals surface area contributed by atoms with Crippen molar-refractivity contribution in [2.75, 3.05) is 37.7 Å². The summed E-state index contributed by atoms with van der Waals surface area (Å²) < 4.78 is 43.5. The highest BCUT2D eigenvalue weighted by atomic mass is 19.4. The number of amides is 1. The van der Waals surface area contributed by atoms with E-state index >= 15 is 0 Å². The lowest BCUT2D eigenvalue weighted by molar-refractivity contribution is -0.138. The van der Waals surface area contributed by atoms with E-state index in [1.807, 2.05) is 6.07 Å². The minimum atomic E-state index is -4.48. The van der Waals surface area contributed by atoms with Gasteiger partial charge in [-0.15, -0.1) is 0 Å². The molecule has 0 bridgehead atoms. The molecule has 0 radical (unpaired) electrons. The van der Waals surface area contributed by atoms with E-state index < -0.39 is 11.7 Å². The molecule has 1 aliphatic heterocycles. The van der Waals surface area contributed by atoms with Gasteiger partial charge in [0, 0.05) is 44.0 Å². The summed E-state index contributed by atoms with van der Waals surface area (Å²) in [5, 5.41) is 7.70. The average molecular weight is 462 g/mol. The van der Waals surface area contributed by atoms with Crippen LogP contribution >= 0.6 is 0 Å². The predicted octanol–water partition coefficient (Wildman–Crippen LogP) is 1.99. The Hall–Kier alpha value is -3.54. The molecular weight excluding hydrogens is 441 g/mol. The first-order chi connectivity index (χ1) is 15.8. The number of halogens is 3. The molecule has 0 spiro atoms. The number of alkyl halides is 3. The molecule has 1 aromatic carbocycles. The molecule has 0 unspecified atom stereocenters. The predicted molar refractivity (Wildman–Crippen MR) is 112 cm³/mol. The Labute approximate surface area is 186 Å². The van der Waals surface area contributed by atoms with E-state index in [9.17, 15) is 22.8 Å². The fraction of sp³-hybridized carbons (Fsp3) is 0.381. The van der Waals surface area contributed by atoms with Crippen molar-refractivity contribution in [3.63, 3.8) is 0 Å². The van der Waals surface area contributed by atoms with Crippen molar-refractivity contribution in [3.05, 3.63) is 58.3 Å². The van der Waals surface area contributed by atoms with E-state index in [1.165, 1.54) is 0 Å². The Balaban J connectivity index is 1.23. The van der Waals surface area contributed by atoms with Crippen molar-refractivity contribution in [1.82, 2.24) is 25.1 Å². The summed E-state index contributed by atoms with van der Waals surface area (Å²) in [5.74, 6) is 0.126. The molecule has 1 saturated heterocycles. The van der Waals surface area contributed by atoms with Crippen LogP contribution in [0.2, 0.25) is 0 Å². The zero-order valence-electron chi connectivity index (χ0n) is 17.5. The zero-order valence-corrected chi connectivity index (χ0v) is 17.5. The van der Waals surface area contributed by atoms with Crippen LogP contribution in [0.5, 0.6) is 0 Å². The number of H-pyrrole nitrogens is 1. The lowest BCUT2D eigenvalue weighted by Crippen LogP contribution is -2.49. The van der Waals surface area contributed by atoms with E-state index in [0.29, 0.717) is 42.6 Å². The lowest BCUT2D eigenvalue weighted by Gasteiger charge is -2.34. The van der Waals surface area contributed by atoms with Gasteiger partial charge in [-0.05, 0) is 6.07 Å². The maximum absolute atomic E-state index is 12.6. The smallest absolute Gasteiger partial charge is 0.375 e. The largest absolute Gasteiger partial charge is 0.419 e. The Morgan fingerprint density at radius 3 is 2.39 bits per heavy atom. The standard InChI is InChI=1S/C21H21F3N6O3/c22-21(23,24)14-11-25-20(26-12-14)30-8-6-29(7-9-30)18(31)5-10-33-13-17-15-3-1-2-4-16(15)19(32)28-27-17/h1-4,11-12H,5-10,13H2,(H,28,32). The Morgan fingerprint density at radius 1 is 1.06 bits per heavy atom. The van der Waals surface area contributed by atoms with Crippen LogP contribution in [0.15, 0.2) is 41.5 Å². The van der Waals surface area contributed by atoms with E-state index in [-0.39, 0.29) is 37.0 Å². The van der Waals surface area contributed by atoms with Gasteiger partial charge in [-0.1, -0.05) is 18.2 Å². The molecule has 1 fully saturated rings. The normalized spacial score (nSPS) is 14.6. The third-order valence-electron chi connectivity index (χ3n) is 5.35. The average Bonchev–Trinajstić information content (AvgIpc) is 2.83. The molecule has 1 amide bonds. The van der Waals surface area contributed by atoms with Crippen LogP contribution < -0.4 is 10.5 Å². The number of rotatable bonds is 6. The minimum Gasteiger partial charge on any atom is -0.375 e. The highest BCUT2D eigenvalue weighted by Gasteiger charge is 2.32.